The molecule has 5 heteroatoms. The summed E-state index contributed by atoms with van der Waals surface area (Å²) in [4.78, 5) is 4.43. The summed E-state index contributed by atoms with van der Waals surface area (Å²) in [5, 5.41) is 2.88. The fourth-order valence-corrected chi connectivity index (χ4v) is 2.48. The molecule has 1 aliphatic rings. The molecule has 0 spiro atoms. The van der Waals surface area contributed by atoms with Crippen molar-refractivity contribution in [2.24, 2.45) is 5.73 Å². The summed E-state index contributed by atoms with van der Waals surface area (Å²) in [5.41, 5.74) is 7.41. The van der Waals surface area contributed by atoms with Gasteiger partial charge in [0.05, 0.1) is 11.3 Å². The molecule has 3 rings (SSSR count). The predicted molar refractivity (Wildman–Crippen MR) is 61.6 cm³/mol. The quantitative estimate of drug-likeness (QED) is 0.863. The fourth-order valence-electron chi connectivity index (χ4n) is 1.62. The summed E-state index contributed by atoms with van der Waals surface area (Å²) in [7, 11) is 0. The van der Waals surface area contributed by atoms with Crippen LogP contribution in [0.15, 0.2) is 23.6 Å². The monoisotopic (exact) mass is 234 g/mol. The maximum absolute atomic E-state index is 5.54. The lowest BCUT2D eigenvalue weighted by Gasteiger charge is -2.01. The highest BCUT2D eigenvalue weighted by atomic mass is 32.1. The molecule has 0 amide bonds. The maximum Gasteiger partial charge on any atom is 0.231 e. The lowest BCUT2D eigenvalue weighted by atomic mass is 10.2. The Kier molecular flexibility index (Phi) is 2.27. The molecule has 0 atom stereocenters. The molecule has 4 nitrogen and oxygen atoms in total. The van der Waals surface area contributed by atoms with E-state index in [0.29, 0.717) is 6.54 Å². The third-order valence-electron chi connectivity index (χ3n) is 2.39. The summed E-state index contributed by atoms with van der Waals surface area (Å²) >= 11 is 1.57. The number of hydrogen-bond acceptors (Lipinski definition) is 5. The first kappa shape index (κ1) is 9.62. The molecule has 0 saturated heterocycles. The highest BCUT2D eigenvalue weighted by Crippen LogP contribution is 2.41. The number of nitrogens with two attached hydrogens (primary N) is 1. The Morgan fingerprint density at radius 2 is 2.31 bits per heavy atom. The van der Waals surface area contributed by atoms with Crippen molar-refractivity contribution in [1.82, 2.24) is 4.98 Å². The second-order valence-electron chi connectivity index (χ2n) is 3.39. The number of hydrogen-bond donors (Lipinski definition) is 1. The average molecular weight is 234 g/mol. The second-order valence-corrected chi connectivity index (χ2v) is 4.25. The van der Waals surface area contributed by atoms with Crippen LogP contribution in [-0.2, 0) is 6.54 Å². The maximum atomic E-state index is 5.54. The zero-order chi connectivity index (χ0) is 11.0. The summed E-state index contributed by atoms with van der Waals surface area (Å²) < 4.78 is 10.8. The van der Waals surface area contributed by atoms with Gasteiger partial charge in [-0.15, -0.1) is 11.3 Å². The van der Waals surface area contributed by atoms with Crippen molar-refractivity contribution in [2.75, 3.05) is 6.79 Å². The number of ether oxygens (including phenoxy) is 2. The van der Waals surface area contributed by atoms with Crippen molar-refractivity contribution in [3.8, 4) is 22.1 Å². The minimum absolute atomic E-state index is 0.279. The molecular weight excluding hydrogens is 224 g/mol. The van der Waals surface area contributed by atoms with Gasteiger partial charge in [-0.1, -0.05) is 6.07 Å². The molecule has 0 aliphatic carbocycles. The van der Waals surface area contributed by atoms with E-state index in [9.17, 15) is 0 Å². The topological polar surface area (TPSA) is 57.4 Å². The number of nitrogens with zero attached hydrogens (tertiary/aromatic N) is 1. The SMILES string of the molecule is NCc1csc(-c2cccc3c2OCO3)n1. The number of para-hydroxylation sites is 1. The molecule has 16 heavy (non-hydrogen) atoms. The van der Waals surface area contributed by atoms with Gasteiger partial charge >= 0.3 is 0 Å². The third kappa shape index (κ3) is 1.45. The molecule has 1 aromatic carbocycles. The van der Waals surface area contributed by atoms with E-state index in [2.05, 4.69) is 4.98 Å². The zero-order valence-corrected chi connectivity index (χ0v) is 9.29. The van der Waals surface area contributed by atoms with Gasteiger partial charge in [0.1, 0.15) is 5.01 Å². The molecule has 0 bridgehead atoms. The van der Waals surface area contributed by atoms with E-state index in [1.807, 2.05) is 23.6 Å². The van der Waals surface area contributed by atoms with E-state index in [0.717, 1.165) is 27.8 Å². The first-order chi connectivity index (χ1) is 7.88. The van der Waals surface area contributed by atoms with Gasteiger partial charge in [-0.3, -0.25) is 0 Å². The van der Waals surface area contributed by atoms with Crippen molar-refractivity contribution in [3.63, 3.8) is 0 Å². The number of aromatic nitrogens is 1. The number of fused-ring (bicyclic) bond motifs is 1. The Hall–Kier alpha value is -1.59. The highest BCUT2D eigenvalue weighted by molar-refractivity contribution is 7.13. The number of rotatable bonds is 2. The van der Waals surface area contributed by atoms with Gasteiger partial charge in [-0.05, 0) is 12.1 Å². The van der Waals surface area contributed by atoms with Gasteiger partial charge in [0.15, 0.2) is 11.5 Å². The fraction of sp³-hybridized carbons (Fsp3) is 0.182. The Bertz CT molecular complexity index is 524. The molecule has 2 aromatic rings. The number of thiazole rings is 1. The Labute approximate surface area is 96.6 Å². The molecular formula is C11H10N2O2S. The molecule has 82 valence electrons. The minimum Gasteiger partial charge on any atom is -0.454 e. The van der Waals surface area contributed by atoms with Gasteiger partial charge in [-0.25, -0.2) is 4.98 Å². The van der Waals surface area contributed by atoms with Crippen molar-refractivity contribution >= 4 is 11.3 Å². The van der Waals surface area contributed by atoms with Crippen LogP contribution in [0.1, 0.15) is 5.69 Å². The van der Waals surface area contributed by atoms with Crippen LogP contribution in [0, 0.1) is 0 Å². The van der Waals surface area contributed by atoms with E-state index >= 15 is 0 Å². The smallest absolute Gasteiger partial charge is 0.231 e. The van der Waals surface area contributed by atoms with Crippen LogP contribution >= 0.6 is 11.3 Å². The van der Waals surface area contributed by atoms with Gasteiger partial charge in [0.25, 0.3) is 0 Å². The summed E-state index contributed by atoms with van der Waals surface area (Å²) in [6.07, 6.45) is 0. The van der Waals surface area contributed by atoms with Gasteiger partial charge < -0.3 is 15.2 Å². The molecule has 1 aliphatic heterocycles. The summed E-state index contributed by atoms with van der Waals surface area (Å²) in [5.74, 6) is 1.56. The van der Waals surface area contributed by atoms with Crippen molar-refractivity contribution in [1.29, 1.82) is 0 Å². The van der Waals surface area contributed by atoms with Crippen LogP contribution in [0.3, 0.4) is 0 Å². The Balaban J connectivity index is 2.09. The summed E-state index contributed by atoms with van der Waals surface area (Å²) in [6, 6.07) is 5.81. The summed E-state index contributed by atoms with van der Waals surface area (Å²) in [6.45, 7) is 0.740. The van der Waals surface area contributed by atoms with Crippen molar-refractivity contribution < 1.29 is 9.47 Å². The minimum atomic E-state index is 0.279. The van der Waals surface area contributed by atoms with E-state index in [4.69, 9.17) is 15.2 Å². The van der Waals surface area contributed by atoms with Crippen LogP contribution in [0.5, 0.6) is 11.5 Å². The standard InChI is InChI=1S/C11H10N2O2S/c12-4-7-5-16-11(13-7)8-2-1-3-9-10(8)15-6-14-9/h1-3,5H,4,6,12H2. The van der Waals surface area contributed by atoms with Crippen LogP contribution in [0.25, 0.3) is 10.6 Å². The van der Waals surface area contributed by atoms with Crippen LogP contribution in [0.4, 0.5) is 0 Å². The first-order valence-electron chi connectivity index (χ1n) is 4.92. The van der Waals surface area contributed by atoms with Crippen molar-refractivity contribution in [2.45, 2.75) is 6.54 Å². The zero-order valence-electron chi connectivity index (χ0n) is 8.47. The highest BCUT2D eigenvalue weighted by Gasteiger charge is 2.19. The molecule has 1 aromatic heterocycles. The average Bonchev–Trinajstić information content (AvgIpc) is 2.97. The molecule has 0 radical (unpaired) electrons. The predicted octanol–water partition coefficient (Wildman–Crippen LogP) is 2.00. The van der Waals surface area contributed by atoms with Gasteiger partial charge in [0.2, 0.25) is 6.79 Å². The molecule has 0 saturated carbocycles. The Morgan fingerprint density at radius 3 is 3.12 bits per heavy atom. The molecule has 2 N–H and O–H groups in total. The second kappa shape index (κ2) is 3.77. The van der Waals surface area contributed by atoms with Gasteiger partial charge in [0, 0.05) is 11.9 Å². The lowest BCUT2D eigenvalue weighted by Crippen LogP contribution is -1.96. The first-order valence-corrected chi connectivity index (χ1v) is 5.80. The number of benzene rings is 1. The van der Waals surface area contributed by atoms with E-state index in [-0.39, 0.29) is 6.79 Å². The molecule has 0 fully saturated rings. The van der Waals surface area contributed by atoms with E-state index < -0.39 is 0 Å². The largest absolute Gasteiger partial charge is 0.454 e. The van der Waals surface area contributed by atoms with Crippen LogP contribution in [0.2, 0.25) is 0 Å². The van der Waals surface area contributed by atoms with Crippen LogP contribution in [-0.4, -0.2) is 11.8 Å². The van der Waals surface area contributed by atoms with Crippen LogP contribution < -0.4 is 15.2 Å². The molecule has 0 unspecified atom stereocenters. The van der Waals surface area contributed by atoms with E-state index in [1.165, 1.54) is 0 Å². The lowest BCUT2D eigenvalue weighted by molar-refractivity contribution is 0.174. The normalized spacial score (nSPS) is 13.1. The van der Waals surface area contributed by atoms with Gasteiger partial charge in [-0.2, -0.15) is 0 Å². The van der Waals surface area contributed by atoms with E-state index in [1.54, 1.807) is 11.3 Å². The molecule has 2 heterocycles. The Morgan fingerprint density at radius 1 is 1.38 bits per heavy atom. The third-order valence-corrected chi connectivity index (χ3v) is 3.31. The van der Waals surface area contributed by atoms with Crippen molar-refractivity contribution in [3.05, 3.63) is 29.3 Å².